The lowest BCUT2D eigenvalue weighted by molar-refractivity contribution is 0.102. The Labute approximate surface area is 141 Å². The van der Waals surface area contributed by atoms with Crippen LogP contribution in [-0.4, -0.2) is 25.6 Å². The molecule has 0 fully saturated rings. The fraction of sp³-hybridized carbons (Fsp3) is 0.0667. The molecule has 23 heavy (non-hydrogen) atoms. The van der Waals surface area contributed by atoms with E-state index in [1.165, 1.54) is 23.5 Å². The maximum Gasteiger partial charge on any atom is 0.258 e. The number of carbonyl (C=O) groups excluding carboxylic acids is 1. The van der Waals surface area contributed by atoms with Crippen molar-refractivity contribution in [3.05, 3.63) is 53.1 Å². The lowest BCUT2D eigenvalue weighted by atomic mass is 10.2. The van der Waals surface area contributed by atoms with Gasteiger partial charge in [-0.3, -0.25) is 10.1 Å². The van der Waals surface area contributed by atoms with Gasteiger partial charge >= 0.3 is 0 Å². The number of hydrogen-bond donors (Lipinski definition) is 1. The van der Waals surface area contributed by atoms with Crippen molar-refractivity contribution >= 4 is 54.0 Å². The van der Waals surface area contributed by atoms with E-state index in [-0.39, 0.29) is 10.5 Å². The second-order valence-corrected chi connectivity index (χ2v) is 8.25. The standard InChI is InChI=1S/C15H11ClN2O3S2/c1-23(20,21)12-8-3-2-5-9(12)14(19)18-15-17-13-10(16)6-4-7-11(13)22-15/h2-8H,1H3,(H,17,18,19). The molecule has 0 unspecified atom stereocenters. The third-order valence-corrected chi connectivity index (χ3v) is 5.52. The summed E-state index contributed by atoms with van der Waals surface area (Å²) < 4.78 is 24.4. The first-order valence-electron chi connectivity index (χ1n) is 6.52. The van der Waals surface area contributed by atoms with E-state index in [2.05, 4.69) is 10.3 Å². The van der Waals surface area contributed by atoms with E-state index < -0.39 is 15.7 Å². The SMILES string of the molecule is CS(=O)(=O)c1ccccc1C(=O)Nc1nc2c(Cl)cccc2s1. The van der Waals surface area contributed by atoms with Crippen molar-refractivity contribution in [2.45, 2.75) is 4.90 Å². The van der Waals surface area contributed by atoms with Gasteiger partial charge in [-0.1, -0.05) is 41.1 Å². The summed E-state index contributed by atoms with van der Waals surface area (Å²) in [6, 6.07) is 11.4. The third kappa shape index (κ3) is 3.21. The number of benzene rings is 2. The summed E-state index contributed by atoms with van der Waals surface area (Å²) >= 11 is 7.33. The van der Waals surface area contributed by atoms with Gasteiger partial charge < -0.3 is 0 Å². The van der Waals surface area contributed by atoms with Gasteiger partial charge in [-0.05, 0) is 24.3 Å². The van der Waals surface area contributed by atoms with Crippen LogP contribution in [0.2, 0.25) is 5.02 Å². The number of thiazole rings is 1. The van der Waals surface area contributed by atoms with Gasteiger partial charge in [0, 0.05) is 6.26 Å². The molecular weight excluding hydrogens is 356 g/mol. The molecule has 1 heterocycles. The van der Waals surface area contributed by atoms with E-state index in [9.17, 15) is 13.2 Å². The zero-order valence-corrected chi connectivity index (χ0v) is 14.3. The average molecular weight is 367 g/mol. The number of fused-ring (bicyclic) bond motifs is 1. The number of sulfone groups is 1. The van der Waals surface area contributed by atoms with E-state index in [0.717, 1.165) is 11.0 Å². The van der Waals surface area contributed by atoms with Gasteiger partial charge in [0.1, 0.15) is 5.52 Å². The van der Waals surface area contributed by atoms with Gasteiger partial charge in [0.25, 0.3) is 5.91 Å². The Hall–Kier alpha value is -1.96. The molecule has 0 spiro atoms. The Balaban J connectivity index is 1.97. The topological polar surface area (TPSA) is 76.1 Å². The maximum atomic E-state index is 12.4. The first-order chi connectivity index (χ1) is 10.9. The quantitative estimate of drug-likeness (QED) is 0.768. The molecule has 0 saturated heterocycles. The number of nitrogens with one attached hydrogen (secondary N) is 1. The summed E-state index contributed by atoms with van der Waals surface area (Å²) in [7, 11) is -3.50. The summed E-state index contributed by atoms with van der Waals surface area (Å²) in [6.07, 6.45) is 1.07. The van der Waals surface area contributed by atoms with Crippen molar-refractivity contribution in [1.82, 2.24) is 4.98 Å². The average Bonchev–Trinajstić information content (AvgIpc) is 2.90. The van der Waals surface area contributed by atoms with Crippen molar-refractivity contribution in [1.29, 1.82) is 0 Å². The minimum Gasteiger partial charge on any atom is -0.298 e. The molecule has 5 nitrogen and oxygen atoms in total. The highest BCUT2D eigenvalue weighted by Gasteiger charge is 2.19. The molecule has 0 atom stereocenters. The van der Waals surface area contributed by atoms with Gasteiger partial charge in [0.2, 0.25) is 0 Å². The zero-order valence-electron chi connectivity index (χ0n) is 11.9. The van der Waals surface area contributed by atoms with Crippen molar-refractivity contribution in [2.24, 2.45) is 0 Å². The van der Waals surface area contributed by atoms with Crippen LogP contribution in [0, 0.1) is 0 Å². The molecule has 1 amide bonds. The van der Waals surface area contributed by atoms with Gasteiger partial charge in [0.15, 0.2) is 15.0 Å². The maximum absolute atomic E-state index is 12.4. The van der Waals surface area contributed by atoms with Crippen molar-refractivity contribution in [3.8, 4) is 0 Å². The monoisotopic (exact) mass is 366 g/mol. The molecule has 0 aliphatic carbocycles. The zero-order chi connectivity index (χ0) is 16.6. The minimum absolute atomic E-state index is 0.0170. The van der Waals surface area contributed by atoms with Crippen LogP contribution in [0.3, 0.4) is 0 Å². The van der Waals surface area contributed by atoms with E-state index >= 15 is 0 Å². The Morgan fingerprint density at radius 2 is 1.91 bits per heavy atom. The number of aromatic nitrogens is 1. The molecule has 2 aromatic carbocycles. The van der Waals surface area contributed by atoms with Crippen molar-refractivity contribution in [3.63, 3.8) is 0 Å². The van der Waals surface area contributed by atoms with E-state index in [4.69, 9.17) is 11.6 Å². The first-order valence-corrected chi connectivity index (χ1v) is 9.60. The lowest BCUT2D eigenvalue weighted by Crippen LogP contribution is -2.15. The van der Waals surface area contributed by atoms with Crippen LogP contribution in [0.25, 0.3) is 10.2 Å². The van der Waals surface area contributed by atoms with Gasteiger partial charge in [-0.2, -0.15) is 0 Å². The van der Waals surface area contributed by atoms with Crippen LogP contribution in [0.15, 0.2) is 47.4 Å². The smallest absolute Gasteiger partial charge is 0.258 e. The highest BCUT2D eigenvalue weighted by atomic mass is 35.5. The Morgan fingerprint density at radius 1 is 1.17 bits per heavy atom. The number of hydrogen-bond acceptors (Lipinski definition) is 5. The molecule has 0 radical (unpaired) electrons. The first kappa shape index (κ1) is 15.9. The second kappa shape index (κ2) is 5.92. The summed E-state index contributed by atoms with van der Waals surface area (Å²) in [4.78, 5) is 16.7. The molecule has 0 bridgehead atoms. The molecule has 0 aliphatic rings. The molecule has 118 valence electrons. The number of rotatable bonds is 3. The lowest BCUT2D eigenvalue weighted by Gasteiger charge is -2.06. The highest BCUT2D eigenvalue weighted by Crippen LogP contribution is 2.31. The highest BCUT2D eigenvalue weighted by molar-refractivity contribution is 7.90. The number of carbonyl (C=O) groups is 1. The van der Waals surface area contributed by atoms with Crippen molar-refractivity contribution < 1.29 is 13.2 Å². The molecule has 0 aliphatic heterocycles. The van der Waals surface area contributed by atoms with Crippen LogP contribution in [0.1, 0.15) is 10.4 Å². The van der Waals surface area contributed by atoms with Gasteiger partial charge in [0.05, 0.1) is 20.2 Å². The molecule has 1 N–H and O–H groups in total. The predicted molar refractivity (Wildman–Crippen MR) is 92.1 cm³/mol. The molecule has 3 rings (SSSR count). The van der Waals surface area contributed by atoms with Gasteiger partial charge in [-0.25, -0.2) is 13.4 Å². The fourth-order valence-electron chi connectivity index (χ4n) is 2.11. The Bertz CT molecular complexity index is 1010. The number of nitrogens with zero attached hydrogens (tertiary/aromatic N) is 1. The van der Waals surface area contributed by atoms with E-state index in [0.29, 0.717) is 15.7 Å². The predicted octanol–water partition coefficient (Wildman–Crippen LogP) is 3.61. The van der Waals surface area contributed by atoms with Crippen LogP contribution >= 0.6 is 22.9 Å². The number of halogens is 1. The Morgan fingerprint density at radius 3 is 2.61 bits per heavy atom. The molecular formula is C15H11ClN2O3S2. The summed E-state index contributed by atoms with van der Waals surface area (Å²) in [5, 5.41) is 3.49. The summed E-state index contributed by atoms with van der Waals surface area (Å²) in [5.74, 6) is -0.527. The summed E-state index contributed by atoms with van der Waals surface area (Å²) in [5.41, 5.74) is 0.686. The van der Waals surface area contributed by atoms with Crippen molar-refractivity contribution in [2.75, 3.05) is 11.6 Å². The summed E-state index contributed by atoms with van der Waals surface area (Å²) in [6.45, 7) is 0. The third-order valence-electron chi connectivity index (χ3n) is 3.12. The molecule has 0 saturated carbocycles. The van der Waals surface area contributed by atoms with Crippen LogP contribution in [-0.2, 0) is 9.84 Å². The van der Waals surface area contributed by atoms with E-state index in [1.54, 1.807) is 24.3 Å². The molecule has 3 aromatic rings. The fourth-order valence-corrected chi connectivity index (χ4v) is 4.16. The number of para-hydroxylation sites is 1. The minimum atomic E-state index is -3.50. The van der Waals surface area contributed by atoms with Crippen LogP contribution < -0.4 is 5.32 Å². The number of amides is 1. The van der Waals surface area contributed by atoms with Crippen LogP contribution in [0.4, 0.5) is 5.13 Å². The van der Waals surface area contributed by atoms with Gasteiger partial charge in [-0.15, -0.1) is 0 Å². The van der Waals surface area contributed by atoms with E-state index in [1.807, 2.05) is 6.07 Å². The molecule has 1 aromatic heterocycles. The molecule has 8 heteroatoms. The second-order valence-electron chi connectivity index (χ2n) is 4.83. The van der Waals surface area contributed by atoms with Crippen LogP contribution in [0.5, 0.6) is 0 Å². The Kier molecular flexibility index (Phi) is 4.09. The number of anilines is 1. The largest absolute Gasteiger partial charge is 0.298 e. The normalized spacial score (nSPS) is 11.6.